The Kier molecular flexibility index (Phi) is 5.17. The van der Waals surface area contributed by atoms with Crippen molar-refractivity contribution in [1.82, 2.24) is 9.97 Å². The van der Waals surface area contributed by atoms with Gasteiger partial charge in [0.15, 0.2) is 0 Å². The molecule has 0 saturated carbocycles. The molecule has 1 saturated heterocycles. The number of hydrogen-bond donors (Lipinski definition) is 1. The number of nitrogens with zero attached hydrogens (tertiary/aromatic N) is 2. The average Bonchev–Trinajstić information content (AvgIpc) is 2.38. The van der Waals surface area contributed by atoms with Crippen molar-refractivity contribution >= 4 is 5.82 Å². The van der Waals surface area contributed by atoms with Crippen molar-refractivity contribution in [3.63, 3.8) is 0 Å². The number of hydrogen-bond acceptors (Lipinski definition) is 5. The molecule has 0 amide bonds. The molecule has 0 bridgehead atoms. The Morgan fingerprint density at radius 2 is 2.00 bits per heavy atom. The Labute approximate surface area is 121 Å². The third kappa shape index (κ3) is 3.82. The van der Waals surface area contributed by atoms with Crippen LogP contribution in [-0.4, -0.2) is 34.8 Å². The van der Waals surface area contributed by atoms with Crippen LogP contribution in [0.5, 0.6) is 5.88 Å². The largest absolute Gasteiger partial charge is 0.474 e. The average molecular weight is 279 g/mol. The minimum Gasteiger partial charge on any atom is -0.474 e. The minimum absolute atomic E-state index is 0.168. The molecule has 1 fully saturated rings. The van der Waals surface area contributed by atoms with E-state index in [2.05, 4.69) is 36.1 Å². The van der Waals surface area contributed by atoms with E-state index in [1.54, 1.807) is 6.33 Å². The molecule has 2 unspecified atom stereocenters. The van der Waals surface area contributed by atoms with Crippen molar-refractivity contribution in [2.75, 3.05) is 11.9 Å². The molecule has 2 rings (SSSR count). The molecule has 1 N–H and O–H groups in total. The molecule has 1 aromatic heterocycles. The second-order valence-corrected chi connectivity index (χ2v) is 5.55. The smallest absolute Gasteiger partial charge is 0.221 e. The van der Waals surface area contributed by atoms with E-state index < -0.39 is 0 Å². The number of nitrogens with one attached hydrogen (secondary N) is 1. The van der Waals surface area contributed by atoms with E-state index in [1.165, 1.54) is 0 Å². The van der Waals surface area contributed by atoms with E-state index in [9.17, 15) is 0 Å². The van der Waals surface area contributed by atoms with Gasteiger partial charge in [0, 0.05) is 19.4 Å². The first-order chi connectivity index (χ1) is 9.60. The number of aromatic nitrogens is 2. The quantitative estimate of drug-likeness (QED) is 0.898. The van der Waals surface area contributed by atoms with Crippen LogP contribution < -0.4 is 10.1 Å². The molecule has 2 heterocycles. The van der Waals surface area contributed by atoms with Crippen molar-refractivity contribution in [3.8, 4) is 5.88 Å². The highest BCUT2D eigenvalue weighted by Gasteiger charge is 2.26. The van der Waals surface area contributed by atoms with Crippen LogP contribution in [0.1, 0.15) is 45.6 Å². The van der Waals surface area contributed by atoms with Gasteiger partial charge in [0.05, 0.1) is 17.8 Å². The highest BCUT2D eigenvalue weighted by atomic mass is 16.5. The molecule has 0 aliphatic carbocycles. The van der Waals surface area contributed by atoms with Gasteiger partial charge in [-0.1, -0.05) is 6.92 Å². The monoisotopic (exact) mass is 279 g/mol. The Morgan fingerprint density at radius 1 is 1.30 bits per heavy atom. The number of ether oxygens (including phenoxy) is 2. The summed E-state index contributed by atoms with van der Waals surface area (Å²) in [4.78, 5) is 8.55. The zero-order valence-corrected chi connectivity index (χ0v) is 12.8. The van der Waals surface area contributed by atoms with Gasteiger partial charge in [-0.2, -0.15) is 0 Å². The van der Waals surface area contributed by atoms with Crippen LogP contribution in [0.25, 0.3) is 0 Å². The second kappa shape index (κ2) is 6.88. The molecular weight excluding hydrogens is 254 g/mol. The molecule has 0 aromatic carbocycles. The zero-order chi connectivity index (χ0) is 14.5. The predicted octanol–water partition coefficient (Wildman–Crippen LogP) is 2.94. The standard InChI is InChI=1S/C15H25N3O2/c1-5-6-16-14-12(4)15(18-9-17-14)20-13-7-10(2)19-11(3)8-13/h9-11,13H,5-8H2,1-4H3,(H,16,17,18). The summed E-state index contributed by atoms with van der Waals surface area (Å²) in [5.74, 6) is 1.55. The van der Waals surface area contributed by atoms with Crippen molar-refractivity contribution in [3.05, 3.63) is 11.9 Å². The van der Waals surface area contributed by atoms with Gasteiger partial charge in [0.1, 0.15) is 18.2 Å². The lowest BCUT2D eigenvalue weighted by molar-refractivity contribution is -0.0731. The van der Waals surface area contributed by atoms with Gasteiger partial charge in [-0.3, -0.25) is 0 Å². The third-order valence-corrected chi connectivity index (χ3v) is 3.51. The lowest BCUT2D eigenvalue weighted by Crippen LogP contribution is -2.36. The molecule has 1 aliphatic heterocycles. The van der Waals surface area contributed by atoms with Crippen LogP contribution >= 0.6 is 0 Å². The van der Waals surface area contributed by atoms with Gasteiger partial charge in [0.2, 0.25) is 5.88 Å². The first-order valence-corrected chi connectivity index (χ1v) is 7.47. The molecule has 5 nitrogen and oxygen atoms in total. The van der Waals surface area contributed by atoms with Crippen LogP contribution in [0, 0.1) is 6.92 Å². The van der Waals surface area contributed by atoms with Gasteiger partial charge >= 0.3 is 0 Å². The highest BCUT2D eigenvalue weighted by Crippen LogP contribution is 2.26. The fraction of sp³-hybridized carbons (Fsp3) is 0.733. The van der Waals surface area contributed by atoms with Gasteiger partial charge in [0.25, 0.3) is 0 Å². The summed E-state index contributed by atoms with van der Waals surface area (Å²) in [5.41, 5.74) is 0.979. The lowest BCUT2D eigenvalue weighted by Gasteiger charge is -2.32. The first-order valence-electron chi connectivity index (χ1n) is 7.47. The second-order valence-electron chi connectivity index (χ2n) is 5.55. The normalized spacial score (nSPS) is 26.3. The summed E-state index contributed by atoms with van der Waals surface area (Å²) < 4.78 is 11.8. The number of anilines is 1. The molecule has 0 spiro atoms. The predicted molar refractivity (Wildman–Crippen MR) is 79.2 cm³/mol. The van der Waals surface area contributed by atoms with Gasteiger partial charge in [-0.15, -0.1) is 0 Å². The SMILES string of the molecule is CCCNc1ncnc(OC2CC(C)OC(C)C2)c1C. The van der Waals surface area contributed by atoms with Gasteiger partial charge in [-0.25, -0.2) is 9.97 Å². The maximum absolute atomic E-state index is 6.08. The summed E-state index contributed by atoms with van der Waals surface area (Å²) in [6, 6.07) is 0. The van der Waals surface area contributed by atoms with Crippen LogP contribution in [0.4, 0.5) is 5.82 Å². The van der Waals surface area contributed by atoms with Crippen LogP contribution in [0.2, 0.25) is 0 Å². The summed E-state index contributed by atoms with van der Waals surface area (Å²) >= 11 is 0. The number of rotatable bonds is 5. The maximum atomic E-state index is 6.08. The maximum Gasteiger partial charge on any atom is 0.221 e. The van der Waals surface area contributed by atoms with Crippen LogP contribution in [-0.2, 0) is 4.74 Å². The molecule has 2 atom stereocenters. The van der Waals surface area contributed by atoms with E-state index >= 15 is 0 Å². The molecule has 0 radical (unpaired) electrons. The summed E-state index contributed by atoms with van der Waals surface area (Å²) in [7, 11) is 0. The van der Waals surface area contributed by atoms with Crippen molar-refractivity contribution in [2.45, 2.75) is 65.3 Å². The van der Waals surface area contributed by atoms with E-state index in [4.69, 9.17) is 9.47 Å². The van der Waals surface area contributed by atoms with Gasteiger partial charge < -0.3 is 14.8 Å². The zero-order valence-electron chi connectivity index (χ0n) is 12.8. The Hall–Kier alpha value is -1.36. The molecule has 20 heavy (non-hydrogen) atoms. The molecular formula is C15H25N3O2. The minimum atomic E-state index is 0.168. The Balaban J connectivity index is 2.05. The molecule has 1 aromatic rings. The third-order valence-electron chi connectivity index (χ3n) is 3.51. The topological polar surface area (TPSA) is 56.3 Å². The summed E-state index contributed by atoms with van der Waals surface area (Å²) in [5, 5.41) is 3.30. The Morgan fingerprint density at radius 3 is 2.65 bits per heavy atom. The summed E-state index contributed by atoms with van der Waals surface area (Å²) in [6.45, 7) is 9.22. The van der Waals surface area contributed by atoms with Crippen LogP contribution in [0.15, 0.2) is 6.33 Å². The van der Waals surface area contributed by atoms with E-state index in [-0.39, 0.29) is 18.3 Å². The van der Waals surface area contributed by atoms with Crippen molar-refractivity contribution < 1.29 is 9.47 Å². The van der Waals surface area contributed by atoms with Crippen molar-refractivity contribution in [1.29, 1.82) is 0 Å². The fourth-order valence-corrected chi connectivity index (χ4v) is 2.57. The van der Waals surface area contributed by atoms with Crippen LogP contribution in [0.3, 0.4) is 0 Å². The molecule has 112 valence electrons. The fourth-order valence-electron chi connectivity index (χ4n) is 2.57. The molecule has 1 aliphatic rings. The summed E-state index contributed by atoms with van der Waals surface area (Å²) in [6.07, 6.45) is 5.09. The van der Waals surface area contributed by atoms with Gasteiger partial charge in [-0.05, 0) is 27.2 Å². The van der Waals surface area contributed by atoms with Crippen molar-refractivity contribution in [2.24, 2.45) is 0 Å². The highest BCUT2D eigenvalue weighted by molar-refractivity contribution is 5.47. The lowest BCUT2D eigenvalue weighted by atomic mass is 10.0. The first kappa shape index (κ1) is 15.0. The molecule has 5 heteroatoms. The van der Waals surface area contributed by atoms with E-state index in [0.29, 0.717) is 5.88 Å². The van der Waals surface area contributed by atoms with E-state index in [1.807, 2.05) is 6.92 Å². The Bertz CT molecular complexity index is 429. The van der Waals surface area contributed by atoms with E-state index in [0.717, 1.165) is 37.2 Å².